The van der Waals surface area contributed by atoms with Gasteiger partial charge >= 0.3 is 0 Å². The summed E-state index contributed by atoms with van der Waals surface area (Å²) in [4.78, 5) is 95.2. The lowest BCUT2D eigenvalue weighted by Gasteiger charge is -2.29. The van der Waals surface area contributed by atoms with Crippen molar-refractivity contribution in [3.8, 4) is 18.2 Å². The SMILES string of the molecule is CNC(=O)c1ccc(C)c(Nc2nc(N(C)CC(C)(C)C)nc(N[C@@H]3CCNC3)c2C#N)c1.CNC(=O)c1ccc(C)c(Nc2nc(N[C@@H]3CCNC3)c(C#N)c(N(C)CC(C)(C)C)n2)c1.CONC(=O)c1ccc(C)c(Nc2nc(NCC(C)(C)C)c(C#N)cc2F)c1.[C-]#[N+]c1c(Nc2cc(C(=O)NC)ccc2C)nc(N[C@@H]2CCNC2)nc1N(C)CC(C)(C)C. The third-order valence-corrected chi connectivity index (χ3v) is 20.1. The van der Waals surface area contributed by atoms with Crippen molar-refractivity contribution in [1.82, 2.24) is 72.3 Å². The molecule has 0 bridgehead atoms. The van der Waals surface area contributed by atoms with Gasteiger partial charge in [0.15, 0.2) is 34.9 Å². The third-order valence-electron chi connectivity index (χ3n) is 20.1. The van der Waals surface area contributed by atoms with Crippen molar-refractivity contribution in [2.24, 2.45) is 21.7 Å². The molecule has 0 unspecified atom stereocenters. The Balaban J connectivity index is 0.000000210. The molecule has 0 aliphatic carbocycles. The van der Waals surface area contributed by atoms with E-state index in [1.807, 2.05) is 109 Å². The Bertz CT molecular complexity index is 5280. The summed E-state index contributed by atoms with van der Waals surface area (Å²) in [7, 11) is 12.0. The number of pyridine rings is 1. The van der Waals surface area contributed by atoms with Crippen molar-refractivity contribution in [2.45, 2.75) is 148 Å². The maximum Gasteiger partial charge on any atom is 0.274 e. The van der Waals surface area contributed by atoms with Crippen LogP contribution in [0, 0.1) is 95.7 Å². The van der Waals surface area contributed by atoms with Crippen LogP contribution in [0.15, 0.2) is 78.9 Å². The summed E-state index contributed by atoms with van der Waals surface area (Å²) < 4.78 is 14.5. The minimum Gasteiger partial charge on any atom is -0.368 e. The first-order valence-electron chi connectivity index (χ1n) is 42.3. The molecular formula is C92H126FN29O5. The summed E-state index contributed by atoms with van der Waals surface area (Å²) >= 11 is 0. The smallest absolute Gasteiger partial charge is 0.274 e. The first kappa shape index (κ1) is 99.1. The van der Waals surface area contributed by atoms with E-state index in [0.29, 0.717) is 122 Å². The molecule has 4 aromatic carbocycles. The van der Waals surface area contributed by atoms with E-state index in [1.165, 1.54) is 7.11 Å². The average molecular weight is 1740 g/mol. The number of aryl methyl sites for hydroxylation is 4. The van der Waals surface area contributed by atoms with Crippen molar-refractivity contribution < 1.29 is 28.4 Å². The highest BCUT2D eigenvalue weighted by atomic mass is 19.1. The summed E-state index contributed by atoms with van der Waals surface area (Å²) in [5.41, 5.74) is 11.8. The molecule has 0 spiro atoms. The van der Waals surface area contributed by atoms with Crippen molar-refractivity contribution in [3.63, 3.8) is 0 Å². The number of hydroxylamine groups is 1. The maximum absolute atomic E-state index is 14.5. The van der Waals surface area contributed by atoms with E-state index < -0.39 is 11.7 Å². The van der Waals surface area contributed by atoms with Gasteiger partial charge in [-0.3, -0.25) is 24.0 Å². The van der Waals surface area contributed by atoms with Crippen LogP contribution < -0.4 is 94.6 Å². The van der Waals surface area contributed by atoms with Crippen molar-refractivity contribution in [1.29, 1.82) is 15.8 Å². The number of halogens is 1. The number of anilines is 15. The van der Waals surface area contributed by atoms with E-state index in [1.54, 1.807) is 75.7 Å². The van der Waals surface area contributed by atoms with Crippen LogP contribution in [0.3, 0.4) is 0 Å². The van der Waals surface area contributed by atoms with Crippen LogP contribution in [0.5, 0.6) is 0 Å². The first-order chi connectivity index (χ1) is 60.0. The lowest BCUT2D eigenvalue weighted by atomic mass is 9.96. The molecule has 4 amide bonds. The Morgan fingerprint density at radius 3 is 1.28 bits per heavy atom. The summed E-state index contributed by atoms with van der Waals surface area (Å²) in [5.74, 6) is 3.03. The molecule has 3 saturated heterocycles. The van der Waals surface area contributed by atoms with Crippen LogP contribution in [-0.2, 0) is 4.84 Å². The van der Waals surface area contributed by atoms with Gasteiger partial charge < -0.3 is 89.1 Å². The van der Waals surface area contributed by atoms with Gasteiger partial charge in [0.2, 0.25) is 17.8 Å². The Morgan fingerprint density at radius 2 is 0.866 bits per heavy atom. The zero-order valence-electron chi connectivity index (χ0n) is 77.6. The van der Waals surface area contributed by atoms with Gasteiger partial charge in [0.1, 0.15) is 46.8 Å². The molecule has 34 nitrogen and oxygen atoms in total. The van der Waals surface area contributed by atoms with Crippen LogP contribution in [0.1, 0.15) is 183 Å². The second-order valence-electron chi connectivity index (χ2n) is 36.6. The largest absolute Gasteiger partial charge is 0.368 e. The Kier molecular flexibility index (Phi) is 34.7. The van der Waals surface area contributed by atoms with E-state index in [2.05, 4.69) is 179 Å². The number of nitrogens with one attached hydrogen (secondary N) is 15. The molecule has 11 rings (SSSR count). The number of rotatable bonds is 27. The quantitative estimate of drug-likeness (QED) is 0.0168. The monoisotopic (exact) mass is 1740 g/mol. The van der Waals surface area contributed by atoms with Crippen molar-refractivity contribution >= 4 is 116 Å². The van der Waals surface area contributed by atoms with Crippen LogP contribution >= 0.6 is 0 Å². The predicted molar refractivity (Wildman–Crippen MR) is 504 cm³/mol. The van der Waals surface area contributed by atoms with Gasteiger partial charge in [0, 0.05) is 151 Å². The molecular weight excluding hydrogens is 1610 g/mol. The first-order valence-corrected chi connectivity index (χ1v) is 42.3. The van der Waals surface area contributed by atoms with Crippen LogP contribution in [0.4, 0.5) is 97.2 Å². The van der Waals surface area contributed by atoms with Gasteiger partial charge in [-0.25, -0.2) is 29.7 Å². The summed E-state index contributed by atoms with van der Waals surface area (Å²) in [6.07, 6.45) is 2.90. The summed E-state index contributed by atoms with van der Waals surface area (Å²) in [6.45, 7) is 49.1. The van der Waals surface area contributed by atoms with Crippen molar-refractivity contribution in [2.75, 3.05) is 172 Å². The highest BCUT2D eigenvalue weighted by molar-refractivity contribution is 5.98. The highest BCUT2D eigenvalue weighted by Gasteiger charge is 2.30. The fraction of sp³-hybridized carbons (Fsp3) is 0.467. The number of aromatic nitrogens is 7. The lowest BCUT2D eigenvalue weighted by molar-refractivity contribution is 0.0537. The number of amides is 4. The van der Waals surface area contributed by atoms with Gasteiger partial charge in [0.05, 0.1) is 19.2 Å². The fourth-order valence-corrected chi connectivity index (χ4v) is 14.0. The van der Waals surface area contributed by atoms with Crippen LogP contribution in [-0.4, -0.2) is 191 Å². The van der Waals surface area contributed by atoms with Crippen LogP contribution in [0.2, 0.25) is 0 Å². The second-order valence-corrected chi connectivity index (χ2v) is 36.6. The topological polar surface area (TPSA) is 434 Å². The predicted octanol–water partition coefficient (Wildman–Crippen LogP) is 13.6. The zero-order valence-corrected chi connectivity index (χ0v) is 77.6. The Labute approximate surface area is 746 Å². The number of nitrogens with zero attached hydrogens (tertiary/aromatic N) is 14. The molecule has 0 saturated carbocycles. The van der Waals surface area contributed by atoms with Gasteiger partial charge in [-0.15, -0.1) is 0 Å². The third kappa shape index (κ3) is 29.1. The maximum atomic E-state index is 14.5. The minimum absolute atomic E-state index is 0.0153. The molecule has 676 valence electrons. The summed E-state index contributed by atoms with van der Waals surface area (Å²) in [6, 6.07) is 29.5. The summed E-state index contributed by atoms with van der Waals surface area (Å²) in [5, 5.41) is 73.4. The second kappa shape index (κ2) is 44.5. The molecule has 7 heterocycles. The Hall–Kier alpha value is -13.3. The normalized spacial score (nSPS) is 14.6. The van der Waals surface area contributed by atoms with Gasteiger partial charge in [-0.2, -0.15) is 35.7 Å². The minimum atomic E-state index is -0.663. The lowest BCUT2D eigenvalue weighted by Crippen LogP contribution is -2.31. The number of nitriles is 3. The molecule has 4 aromatic heterocycles. The fourth-order valence-electron chi connectivity index (χ4n) is 14.0. The molecule has 3 fully saturated rings. The van der Waals surface area contributed by atoms with Gasteiger partial charge in [0.25, 0.3) is 29.3 Å². The number of hydrogen-bond acceptors (Lipinski definition) is 29. The number of benzene rings is 4. The molecule has 0 radical (unpaired) electrons. The van der Waals surface area contributed by atoms with E-state index in [-0.39, 0.29) is 68.9 Å². The number of hydrogen-bond donors (Lipinski definition) is 15. The van der Waals surface area contributed by atoms with E-state index in [9.17, 15) is 39.4 Å². The molecule has 8 aromatic rings. The number of carbonyl (C=O) groups is 4. The van der Waals surface area contributed by atoms with Crippen LogP contribution in [0.25, 0.3) is 4.85 Å². The molecule has 3 aliphatic rings. The Morgan fingerprint density at radius 1 is 0.472 bits per heavy atom. The molecule has 3 aliphatic heterocycles. The molecule has 127 heavy (non-hydrogen) atoms. The highest BCUT2D eigenvalue weighted by Crippen LogP contribution is 2.40. The van der Waals surface area contributed by atoms with Gasteiger partial charge in [-0.05, 0) is 165 Å². The molecule has 3 atom stereocenters. The van der Waals surface area contributed by atoms with Gasteiger partial charge in [-0.1, -0.05) is 107 Å². The average Bonchev–Trinajstić information content (AvgIpc) is 1.75. The van der Waals surface area contributed by atoms with Crippen molar-refractivity contribution in [3.05, 3.63) is 157 Å². The van der Waals surface area contributed by atoms with E-state index in [0.717, 1.165) is 111 Å². The standard InChI is InChI=1S/3C24H34N8O.C20H24FN5O2/c1-15-8-9-16(22(33)26-6)12-18(15)29-20-19(25-5)21(32(7)14-24(2,3)4)31-23(30-20)28-17-10-11-27-13-17;1-15-7-8-16(22(33)26-5)11-19(15)29-23-30-20(28-17-9-10-27-13-17)18(12-25)21(31-23)32(6)14-24(2,3)4;1-15-7-8-16(22(33)26-5)11-19(15)29-21-18(12-25)20(28-17-9-10-27-13-17)30-23(31-21)32(6)14-24(2,3)4;1-12-6-7-13(19(27)26-28-5)9-16(12)24-18-15(21)8-14(10-22)17(25-18)23-11-20(2,3)4/h8-9,12,17,27H,10-11,13-14H2,1-4,6-7H3,(H,26,33)(H2,28,29,30,31);2*7-8,11,17,27H,9-10,13-14H2,1-6H3,(H,26,33)(H2,28,29,30,31);6-9H,11H2,1-5H3,(H,26,27)(H2,23,24,25)/t3*17-;/m111./s1. The van der Waals surface area contributed by atoms with E-state index >= 15 is 0 Å². The zero-order chi connectivity index (χ0) is 93.4. The number of carbonyl (C=O) groups excluding carboxylic acids is 4. The molecule has 35 heteroatoms. The van der Waals surface area contributed by atoms with E-state index in [4.69, 9.17) is 26.5 Å². The molecule has 15 N–H and O–H groups in total.